The van der Waals surface area contributed by atoms with Crippen molar-refractivity contribution in [2.75, 3.05) is 45.5 Å². The number of hydrogen-bond donors (Lipinski definition) is 2. The van der Waals surface area contributed by atoms with Gasteiger partial charge in [0.1, 0.15) is 5.69 Å². The van der Waals surface area contributed by atoms with Crippen LogP contribution in [0.3, 0.4) is 0 Å². The van der Waals surface area contributed by atoms with Crippen LogP contribution in [0.5, 0.6) is 0 Å². The van der Waals surface area contributed by atoms with E-state index in [0.29, 0.717) is 36.1 Å². The van der Waals surface area contributed by atoms with Gasteiger partial charge < -0.3 is 20.9 Å². The molecule has 10 nitrogen and oxygen atoms in total. The highest BCUT2D eigenvalue weighted by molar-refractivity contribution is 6.07. The molecule has 1 aliphatic rings. The Morgan fingerprint density at radius 3 is 2.34 bits per heavy atom. The molecule has 1 fully saturated rings. The second kappa shape index (κ2) is 10.6. The lowest BCUT2D eigenvalue weighted by molar-refractivity contribution is -0.135. The van der Waals surface area contributed by atoms with E-state index in [1.165, 1.54) is 4.57 Å². The highest BCUT2D eigenvalue weighted by Crippen LogP contribution is 2.28. The van der Waals surface area contributed by atoms with Gasteiger partial charge in [-0.2, -0.15) is 0 Å². The predicted molar refractivity (Wildman–Crippen MR) is 146 cm³/mol. The summed E-state index contributed by atoms with van der Waals surface area (Å²) in [5, 5.41) is 5.17. The van der Waals surface area contributed by atoms with Crippen molar-refractivity contribution < 1.29 is 14.4 Å². The van der Waals surface area contributed by atoms with Gasteiger partial charge in [-0.05, 0) is 42.4 Å². The third-order valence-electron chi connectivity index (χ3n) is 7.03. The Kier molecular flexibility index (Phi) is 7.06. The van der Waals surface area contributed by atoms with Crippen LogP contribution in [0.2, 0.25) is 0 Å². The Hall–Kier alpha value is -4.31. The van der Waals surface area contributed by atoms with Crippen molar-refractivity contribution in [3.8, 4) is 0 Å². The molecule has 0 aliphatic carbocycles. The maximum atomic E-state index is 13.6. The monoisotopic (exact) mass is 513 g/mol. The number of likely N-dealkylation sites (N-methyl/N-ethyl adjacent to an activating group) is 2. The lowest BCUT2D eigenvalue weighted by Crippen LogP contribution is -2.47. The van der Waals surface area contributed by atoms with Crippen LogP contribution in [0, 0.1) is 0 Å². The third-order valence-corrected chi connectivity index (χ3v) is 7.03. The van der Waals surface area contributed by atoms with Gasteiger partial charge in [0.15, 0.2) is 0 Å². The summed E-state index contributed by atoms with van der Waals surface area (Å²) in [6.45, 7) is 5.14. The van der Waals surface area contributed by atoms with E-state index in [0.717, 1.165) is 23.9 Å². The Bertz CT molecular complexity index is 1490. The van der Waals surface area contributed by atoms with Gasteiger partial charge in [-0.25, -0.2) is 9.97 Å². The first kappa shape index (κ1) is 25.3. The number of carbonyl (C=O) groups is 3. The number of aromatic nitrogens is 3. The number of benzene rings is 2. The second-order valence-electron chi connectivity index (χ2n) is 9.64. The average Bonchev–Trinajstić information content (AvgIpc) is 3.35. The molecule has 2 aromatic heterocycles. The van der Waals surface area contributed by atoms with E-state index in [4.69, 9.17) is 5.73 Å². The van der Waals surface area contributed by atoms with Crippen molar-refractivity contribution in [3.63, 3.8) is 0 Å². The number of nitrogens with two attached hydrogens (primary N) is 1. The summed E-state index contributed by atoms with van der Waals surface area (Å²) in [5.41, 5.74) is 7.20. The number of rotatable bonds is 6. The summed E-state index contributed by atoms with van der Waals surface area (Å²) in [7, 11) is 2.03. The zero-order chi connectivity index (χ0) is 26.8. The molecule has 5 rings (SSSR count). The van der Waals surface area contributed by atoms with E-state index in [1.54, 1.807) is 30.6 Å². The molecule has 10 heteroatoms. The molecule has 0 bridgehead atoms. The summed E-state index contributed by atoms with van der Waals surface area (Å²) in [4.78, 5) is 52.5. The molecule has 0 radical (unpaired) electrons. The van der Waals surface area contributed by atoms with Crippen molar-refractivity contribution in [3.05, 3.63) is 66.1 Å². The van der Waals surface area contributed by atoms with Gasteiger partial charge >= 0.3 is 0 Å². The second-order valence-corrected chi connectivity index (χ2v) is 9.64. The number of carbonyl (C=O) groups excluding carboxylic acids is 3. The van der Waals surface area contributed by atoms with Crippen LogP contribution in [-0.2, 0) is 9.59 Å². The molecule has 196 valence electrons. The molecule has 1 atom stereocenters. The first-order valence-electron chi connectivity index (χ1n) is 12.8. The molecule has 1 unspecified atom stereocenters. The summed E-state index contributed by atoms with van der Waals surface area (Å²) in [6.07, 6.45) is 3.53. The maximum absolute atomic E-state index is 13.6. The SMILES string of the molecule is CCNC(=O)C(CC(=O)N1CCN(C)CC1)c1ccc2nc(N)nc(C(=O)n3cc4ccccc4c3)c2c1. The highest BCUT2D eigenvalue weighted by Gasteiger charge is 2.28. The zero-order valence-electron chi connectivity index (χ0n) is 21.6. The van der Waals surface area contributed by atoms with Crippen molar-refractivity contribution in [1.82, 2.24) is 29.7 Å². The van der Waals surface area contributed by atoms with Crippen LogP contribution in [0.1, 0.15) is 35.3 Å². The Morgan fingerprint density at radius 2 is 1.68 bits per heavy atom. The van der Waals surface area contributed by atoms with Gasteiger partial charge in [0.25, 0.3) is 5.91 Å². The van der Waals surface area contributed by atoms with E-state index in [9.17, 15) is 14.4 Å². The molecule has 1 aliphatic heterocycles. The number of piperazine rings is 1. The largest absolute Gasteiger partial charge is 0.368 e. The third kappa shape index (κ3) is 5.08. The predicted octanol–water partition coefficient (Wildman–Crippen LogP) is 2.24. The fraction of sp³-hybridized carbons (Fsp3) is 0.321. The normalized spacial score (nSPS) is 15.1. The molecular formula is C28H31N7O3. The zero-order valence-corrected chi connectivity index (χ0v) is 21.6. The maximum Gasteiger partial charge on any atom is 0.281 e. The van der Waals surface area contributed by atoms with Gasteiger partial charge in [-0.3, -0.25) is 19.0 Å². The fourth-order valence-electron chi connectivity index (χ4n) is 4.89. The molecule has 0 spiro atoms. The minimum Gasteiger partial charge on any atom is -0.368 e. The molecule has 38 heavy (non-hydrogen) atoms. The molecule has 3 N–H and O–H groups in total. The standard InChI is InChI=1S/C28H31N7O3/c1-3-30-26(37)21(15-24(36)34-12-10-33(2)11-13-34)18-8-9-23-22(14-18)25(32-28(29)31-23)27(38)35-16-19-6-4-5-7-20(19)17-35/h4-9,14,16-17,21H,3,10-13,15H2,1-2H3,(H,30,37)(H2,29,31,32). The molecule has 2 aromatic carbocycles. The molecule has 2 amide bonds. The number of nitrogens with one attached hydrogen (secondary N) is 1. The summed E-state index contributed by atoms with van der Waals surface area (Å²) in [6, 6.07) is 12.9. The molecule has 4 aromatic rings. The highest BCUT2D eigenvalue weighted by atomic mass is 16.2. The van der Waals surface area contributed by atoms with Crippen LogP contribution >= 0.6 is 0 Å². The Labute approximate surface area is 220 Å². The van der Waals surface area contributed by atoms with Gasteiger partial charge in [0.2, 0.25) is 17.8 Å². The van der Waals surface area contributed by atoms with E-state index in [-0.39, 0.29) is 35.8 Å². The van der Waals surface area contributed by atoms with Crippen LogP contribution in [0.15, 0.2) is 54.9 Å². The first-order chi connectivity index (χ1) is 18.3. The van der Waals surface area contributed by atoms with Crippen LogP contribution in [-0.4, -0.2) is 81.8 Å². The number of hydrogen-bond acceptors (Lipinski definition) is 7. The summed E-state index contributed by atoms with van der Waals surface area (Å²) < 4.78 is 1.48. The van der Waals surface area contributed by atoms with Crippen molar-refractivity contribution in [1.29, 1.82) is 0 Å². The number of nitrogens with zero attached hydrogens (tertiary/aromatic N) is 5. The number of amides is 2. The molecule has 0 saturated carbocycles. The summed E-state index contributed by atoms with van der Waals surface area (Å²) >= 11 is 0. The van der Waals surface area contributed by atoms with Gasteiger partial charge in [0, 0.05) is 56.9 Å². The van der Waals surface area contributed by atoms with Gasteiger partial charge in [-0.15, -0.1) is 0 Å². The molecular weight excluding hydrogens is 482 g/mol. The van der Waals surface area contributed by atoms with E-state index >= 15 is 0 Å². The number of fused-ring (bicyclic) bond motifs is 2. The molecule has 1 saturated heterocycles. The van der Waals surface area contributed by atoms with E-state index < -0.39 is 5.92 Å². The minimum atomic E-state index is -0.721. The quantitative estimate of drug-likeness (QED) is 0.405. The smallest absolute Gasteiger partial charge is 0.281 e. The van der Waals surface area contributed by atoms with Crippen molar-refractivity contribution in [2.24, 2.45) is 0 Å². The number of nitrogen functional groups attached to an aromatic ring is 1. The lowest BCUT2D eigenvalue weighted by atomic mass is 9.92. The fourth-order valence-corrected chi connectivity index (χ4v) is 4.89. The topological polar surface area (TPSA) is 126 Å². The minimum absolute atomic E-state index is 0.0177. The van der Waals surface area contributed by atoms with Crippen molar-refractivity contribution in [2.45, 2.75) is 19.3 Å². The van der Waals surface area contributed by atoms with E-state index in [2.05, 4.69) is 20.2 Å². The average molecular weight is 514 g/mol. The summed E-state index contributed by atoms with van der Waals surface area (Å²) in [5.74, 6) is -1.41. The van der Waals surface area contributed by atoms with E-state index in [1.807, 2.05) is 43.1 Å². The molecule has 3 heterocycles. The Balaban J connectivity index is 1.52. The van der Waals surface area contributed by atoms with Gasteiger partial charge in [0.05, 0.1) is 11.4 Å². The van der Waals surface area contributed by atoms with Crippen LogP contribution in [0.25, 0.3) is 21.7 Å². The first-order valence-corrected chi connectivity index (χ1v) is 12.8. The van der Waals surface area contributed by atoms with Crippen LogP contribution in [0.4, 0.5) is 5.95 Å². The van der Waals surface area contributed by atoms with Crippen molar-refractivity contribution >= 4 is 45.3 Å². The van der Waals surface area contributed by atoms with Crippen LogP contribution < -0.4 is 11.1 Å². The Morgan fingerprint density at radius 1 is 1.00 bits per heavy atom. The lowest BCUT2D eigenvalue weighted by Gasteiger charge is -2.33. The number of anilines is 1. The van der Waals surface area contributed by atoms with Gasteiger partial charge in [-0.1, -0.05) is 30.3 Å².